The molecule has 0 spiro atoms. The number of halogens is 1. The quantitative estimate of drug-likeness (QED) is 0.808. The predicted molar refractivity (Wildman–Crippen MR) is 65.4 cm³/mol. The van der Waals surface area contributed by atoms with Crippen molar-refractivity contribution in [3.05, 3.63) is 59.1 Å². The Morgan fingerprint density at radius 2 is 2.12 bits per heavy atom. The first-order valence-electron chi connectivity index (χ1n) is 4.63. The van der Waals surface area contributed by atoms with E-state index in [4.69, 9.17) is 0 Å². The van der Waals surface area contributed by atoms with Crippen LogP contribution in [-0.4, -0.2) is 15.8 Å². The lowest BCUT2D eigenvalue weighted by Gasteiger charge is -2.07. The number of nitrogens with zero attached hydrogens (tertiary/aromatic N) is 2. The van der Waals surface area contributed by atoms with Crippen LogP contribution in [0.1, 0.15) is 5.56 Å². The van der Waals surface area contributed by atoms with Crippen molar-refractivity contribution in [2.45, 2.75) is 0 Å². The molecule has 2 aromatic rings. The molecule has 2 rings (SSSR count). The van der Waals surface area contributed by atoms with Crippen molar-refractivity contribution >= 4 is 27.9 Å². The number of hydrogen-bond acceptors (Lipinski definition) is 2. The Morgan fingerprint density at radius 1 is 1.38 bits per heavy atom. The van der Waals surface area contributed by atoms with Gasteiger partial charge in [0.25, 0.3) is 0 Å². The van der Waals surface area contributed by atoms with Gasteiger partial charge in [-0.15, -0.1) is 0 Å². The fraction of sp³-hybridized carbons (Fsp3) is 0. The van der Waals surface area contributed by atoms with Crippen LogP contribution in [0.15, 0.2) is 53.5 Å². The highest BCUT2D eigenvalue weighted by atomic mass is 79.9. The van der Waals surface area contributed by atoms with Gasteiger partial charge < -0.3 is 4.57 Å². The zero-order chi connectivity index (χ0) is 11.4. The Balaban J connectivity index is 2.45. The van der Waals surface area contributed by atoms with Crippen LogP contribution in [0.2, 0.25) is 0 Å². The number of rotatable bonds is 3. The van der Waals surface area contributed by atoms with Crippen LogP contribution in [0.3, 0.4) is 0 Å². The summed E-state index contributed by atoms with van der Waals surface area (Å²) in [5, 5.41) is 0. The summed E-state index contributed by atoms with van der Waals surface area (Å²) in [6.07, 6.45) is 8.28. The van der Waals surface area contributed by atoms with Gasteiger partial charge in [-0.05, 0) is 17.7 Å². The average Bonchev–Trinajstić information content (AvgIpc) is 2.81. The fourth-order valence-corrected chi connectivity index (χ4v) is 1.65. The Labute approximate surface area is 102 Å². The van der Waals surface area contributed by atoms with Gasteiger partial charge in [-0.25, -0.2) is 4.98 Å². The third-order valence-corrected chi connectivity index (χ3v) is 2.65. The molecular weight excluding hydrogens is 268 g/mol. The normalized spacial score (nSPS) is 11.4. The first kappa shape index (κ1) is 10.8. The molecule has 0 aliphatic heterocycles. The molecule has 4 heteroatoms. The Kier molecular flexibility index (Phi) is 3.31. The Morgan fingerprint density at radius 3 is 2.69 bits per heavy atom. The van der Waals surface area contributed by atoms with E-state index in [2.05, 4.69) is 20.9 Å². The minimum Gasteiger partial charge on any atom is -0.306 e. The van der Waals surface area contributed by atoms with E-state index in [0.717, 1.165) is 15.7 Å². The van der Waals surface area contributed by atoms with Crippen LogP contribution in [0, 0.1) is 0 Å². The second kappa shape index (κ2) is 4.90. The molecule has 79 valence electrons. The summed E-state index contributed by atoms with van der Waals surface area (Å²) >= 11 is 3.37. The number of benzene rings is 1. The molecule has 0 unspecified atom stereocenters. The maximum Gasteiger partial charge on any atom is 0.227 e. The number of carbonyl (C=O) groups excluding carboxylic acids is 1. The lowest BCUT2D eigenvalue weighted by molar-refractivity contribution is 0.564. The molecule has 0 atom stereocenters. The van der Waals surface area contributed by atoms with E-state index >= 15 is 0 Å². The summed E-state index contributed by atoms with van der Waals surface area (Å²) < 4.78 is 2.77. The Hall–Kier alpha value is -1.68. The SMILES string of the molecule is O=[C]C=C(c1ccc(Br)cc1)n1ccnc1. The third kappa shape index (κ3) is 2.28. The van der Waals surface area contributed by atoms with Crippen LogP contribution in [0.4, 0.5) is 0 Å². The first-order chi connectivity index (χ1) is 7.81. The van der Waals surface area contributed by atoms with Gasteiger partial charge in [-0.1, -0.05) is 28.1 Å². The van der Waals surface area contributed by atoms with Crippen LogP contribution in [-0.2, 0) is 4.79 Å². The average molecular weight is 276 g/mol. The minimum atomic E-state index is 0.750. The van der Waals surface area contributed by atoms with Gasteiger partial charge in [0.15, 0.2) is 0 Å². The fourth-order valence-electron chi connectivity index (χ4n) is 1.39. The molecule has 1 aromatic carbocycles. The summed E-state index contributed by atoms with van der Waals surface area (Å²) in [5.41, 5.74) is 1.68. The predicted octanol–water partition coefficient (Wildman–Crippen LogP) is 2.64. The summed E-state index contributed by atoms with van der Waals surface area (Å²) in [4.78, 5) is 14.5. The van der Waals surface area contributed by atoms with Crippen molar-refractivity contribution in [1.82, 2.24) is 9.55 Å². The van der Waals surface area contributed by atoms with Gasteiger partial charge in [0.2, 0.25) is 6.29 Å². The molecule has 1 radical (unpaired) electrons. The third-order valence-electron chi connectivity index (χ3n) is 2.12. The second-order valence-electron chi connectivity index (χ2n) is 3.12. The molecule has 3 nitrogen and oxygen atoms in total. The van der Waals surface area contributed by atoms with Gasteiger partial charge in [0, 0.05) is 22.9 Å². The molecule has 0 aliphatic carbocycles. The van der Waals surface area contributed by atoms with E-state index in [9.17, 15) is 4.79 Å². The molecule has 0 saturated carbocycles. The van der Waals surface area contributed by atoms with Crippen molar-refractivity contribution in [1.29, 1.82) is 0 Å². The van der Waals surface area contributed by atoms with Crippen molar-refractivity contribution in [2.75, 3.05) is 0 Å². The molecule has 1 heterocycles. The second-order valence-corrected chi connectivity index (χ2v) is 4.04. The van der Waals surface area contributed by atoms with Gasteiger partial charge in [0.05, 0.1) is 12.0 Å². The molecule has 0 saturated heterocycles. The Bertz CT molecular complexity index is 500. The van der Waals surface area contributed by atoms with Crippen LogP contribution < -0.4 is 0 Å². The highest BCUT2D eigenvalue weighted by Crippen LogP contribution is 2.19. The van der Waals surface area contributed by atoms with Crippen LogP contribution in [0.25, 0.3) is 5.70 Å². The van der Waals surface area contributed by atoms with Crippen LogP contribution >= 0.6 is 15.9 Å². The van der Waals surface area contributed by atoms with E-state index in [1.807, 2.05) is 24.3 Å². The van der Waals surface area contributed by atoms with E-state index < -0.39 is 0 Å². The number of hydrogen-bond donors (Lipinski definition) is 0. The molecule has 0 fully saturated rings. The van der Waals surface area contributed by atoms with Crippen molar-refractivity contribution in [3.63, 3.8) is 0 Å². The molecule has 0 amide bonds. The summed E-state index contributed by atoms with van der Waals surface area (Å²) in [7, 11) is 0. The smallest absolute Gasteiger partial charge is 0.227 e. The lowest BCUT2D eigenvalue weighted by Crippen LogP contribution is -1.96. The van der Waals surface area contributed by atoms with Gasteiger partial charge in [0.1, 0.15) is 0 Å². The number of imidazole rings is 1. The maximum atomic E-state index is 10.5. The first-order valence-corrected chi connectivity index (χ1v) is 5.42. The summed E-state index contributed by atoms with van der Waals surface area (Å²) in [6, 6.07) is 7.69. The molecule has 1 aromatic heterocycles. The lowest BCUT2D eigenvalue weighted by atomic mass is 10.1. The zero-order valence-electron chi connectivity index (χ0n) is 8.30. The van der Waals surface area contributed by atoms with Crippen molar-refractivity contribution < 1.29 is 4.79 Å². The molecule has 0 aliphatic rings. The monoisotopic (exact) mass is 275 g/mol. The topological polar surface area (TPSA) is 34.9 Å². The van der Waals surface area contributed by atoms with E-state index in [1.165, 1.54) is 6.08 Å². The van der Waals surface area contributed by atoms with E-state index in [1.54, 1.807) is 29.6 Å². The van der Waals surface area contributed by atoms with Crippen molar-refractivity contribution in [3.8, 4) is 0 Å². The van der Waals surface area contributed by atoms with Crippen molar-refractivity contribution in [2.24, 2.45) is 0 Å². The maximum absolute atomic E-state index is 10.5. The van der Waals surface area contributed by atoms with Gasteiger partial charge in [-0.2, -0.15) is 0 Å². The highest BCUT2D eigenvalue weighted by Gasteiger charge is 2.03. The van der Waals surface area contributed by atoms with Gasteiger partial charge in [-0.3, -0.25) is 4.79 Å². The standard InChI is InChI=1S/C12H8BrN2O/c13-11-3-1-10(2-4-11)12(5-8-16)15-7-6-14-9-15/h1-7,9H. The number of aromatic nitrogens is 2. The van der Waals surface area contributed by atoms with Crippen LogP contribution in [0.5, 0.6) is 0 Å². The highest BCUT2D eigenvalue weighted by molar-refractivity contribution is 9.10. The number of allylic oxidation sites excluding steroid dienone is 1. The molecule has 0 N–H and O–H groups in total. The molecule has 0 bridgehead atoms. The summed E-state index contributed by atoms with van der Waals surface area (Å²) in [5.74, 6) is 0. The van der Waals surface area contributed by atoms with E-state index in [0.29, 0.717) is 0 Å². The molecule has 16 heavy (non-hydrogen) atoms. The molecular formula is C12H8BrN2O. The van der Waals surface area contributed by atoms with Gasteiger partial charge >= 0.3 is 0 Å². The minimum absolute atomic E-state index is 0.750. The van der Waals surface area contributed by atoms with E-state index in [-0.39, 0.29) is 0 Å². The largest absolute Gasteiger partial charge is 0.306 e. The zero-order valence-corrected chi connectivity index (χ0v) is 9.89. The summed E-state index contributed by atoms with van der Waals surface area (Å²) in [6.45, 7) is 0.